The molecule has 34 nitrogen and oxygen atoms in total. The molecule has 0 aliphatic carbocycles. The predicted octanol–water partition coefficient (Wildman–Crippen LogP) is 9.08. The summed E-state index contributed by atoms with van der Waals surface area (Å²) in [4.78, 5) is 147. The molecule has 0 saturated carbocycles. The first-order valence-electron chi connectivity index (χ1n) is 41.0. The van der Waals surface area contributed by atoms with Gasteiger partial charge in [-0.05, 0) is 98.5 Å². The number of hydrogen-bond acceptors (Lipinski definition) is 22. The molecule has 0 atom stereocenters. The second kappa shape index (κ2) is 38.7. The molecule has 0 saturated heterocycles. The molecule has 5 aliphatic rings. The number of nitrogens with zero attached hydrogens (tertiary/aromatic N) is 19. The zero-order valence-corrected chi connectivity index (χ0v) is 76.3. The molecular weight excluding hydrogens is 1680 g/mol. The Hall–Kier alpha value is -15.2. The van der Waals surface area contributed by atoms with E-state index in [1.165, 1.54) is 81.4 Å². The molecule has 664 valence electrons. The third-order valence-corrected chi connectivity index (χ3v) is 23.4. The number of rotatable bonds is 11. The molecule has 6 aromatic carbocycles. The fourth-order valence-electron chi connectivity index (χ4n) is 15.1. The highest BCUT2D eigenvalue weighted by Gasteiger charge is 2.29. The Kier molecular flexibility index (Phi) is 27.5. The summed E-state index contributed by atoms with van der Waals surface area (Å²) in [6.07, 6.45) is 8.82. The van der Waals surface area contributed by atoms with Crippen LogP contribution in [0.25, 0.3) is 17.2 Å². The fourth-order valence-corrected chi connectivity index (χ4v) is 15.6. The van der Waals surface area contributed by atoms with Crippen molar-refractivity contribution in [3.05, 3.63) is 344 Å². The largest absolute Gasteiger partial charge is 0.497 e. The van der Waals surface area contributed by atoms with Crippen LogP contribution in [-0.4, -0.2) is 101 Å². The molecule has 0 radical (unpaired) electrons. The van der Waals surface area contributed by atoms with Gasteiger partial charge in [0.1, 0.15) is 73.0 Å². The third-order valence-electron chi connectivity index (χ3n) is 22.4. The zero-order chi connectivity index (χ0) is 92.8. The molecule has 0 fully saturated rings. The lowest BCUT2D eigenvalue weighted by Crippen LogP contribution is -2.38. The van der Waals surface area contributed by atoms with Crippen molar-refractivity contribution < 1.29 is 4.74 Å². The lowest BCUT2D eigenvalue weighted by atomic mass is 10.0. The standard InChI is InChI=1S/C16H18N4O2.C16H16N4OS.C16H17N3O3.2C15H16N4O2.C15H16N4OS/c1-10-5-4-6-11(7-10)9-17-13-8-12-14(18-13)19(2)16(22)20(3)15(12)21;1-18-14-13(15(22)19(2)16(18)21)20(11-17-14)10-6-9-12-7-4-3-5-8-12;1-18-14-13(15(20)19(2)16(18)21)9-11(17-14)8-10-4-6-12(22-3)7-5-10;1-9-4-6-10(7-5-9)16-12-8-11-13(17-12)18(2)15(21)19(3)14(11)20;1-9-5-4-6-10(7-9)16-12-8-11-13(17-12)18(2)15(21)19(3)14(11)20;1-9-4-6-10(7-5-9)16-12-8-11-13(17-12)18(2)15(20)19(3)14(11)21/h4-7H,8-9H2,1-3H3,(H,17,18);3-9,11H,10H2,1-2H3;4-7H,8-9H2,1-3H3;3*4-7H,8H2,1-3H3,(H,16,17)/b;9-6+;;;;. The number of nitrogens with one attached hydrogen (secondary N) is 4. The summed E-state index contributed by atoms with van der Waals surface area (Å²) in [5.74, 6) is 6.25. The predicted molar refractivity (Wildman–Crippen MR) is 513 cm³/mol. The minimum Gasteiger partial charge on any atom is -0.497 e. The summed E-state index contributed by atoms with van der Waals surface area (Å²) in [5.41, 5.74) is 13.6. The van der Waals surface area contributed by atoms with Crippen LogP contribution in [0.5, 0.6) is 5.75 Å². The number of hydrogen-bond donors (Lipinski definition) is 4. The molecule has 0 amide bonds. The van der Waals surface area contributed by atoms with Gasteiger partial charge >= 0.3 is 34.1 Å². The highest BCUT2D eigenvalue weighted by atomic mass is 32.1. The van der Waals surface area contributed by atoms with E-state index in [-0.39, 0.29) is 56.4 Å². The Balaban J connectivity index is 0.000000132. The molecule has 5 aliphatic heterocycles. The van der Waals surface area contributed by atoms with Gasteiger partial charge in [0.15, 0.2) is 5.65 Å². The molecule has 0 bridgehead atoms. The zero-order valence-electron chi connectivity index (χ0n) is 74.6. The average Bonchev–Trinajstić information content (AvgIpc) is 1.74. The Labute approximate surface area is 749 Å². The lowest BCUT2D eigenvalue weighted by molar-refractivity contribution is 0.414. The number of allylic oxidation sites excluding steroid dienone is 1. The first kappa shape index (κ1) is 91.5. The topological polar surface area (TPSA) is 367 Å². The van der Waals surface area contributed by atoms with Gasteiger partial charge in [0.25, 0.3) is 22.2 Å². The van der Waals surface area contributed by atoms with Gasteiger partial charge in [0, 0.05) is 158 Å². The van der Waals surface area contributed by atoms with Crippen molar-refractivity contribution >= 4 is 117 Å². The second-order valence-corrected chi connectivity index (χ2v) is 32.5. The fraction of sp³-hybridized carbons (Fsp3) is 0.269. The summed E-state index contributed by atoms with van der Waals surface area (Å²) in [7, 11) is 20.9. The van der Waals surface area contributed by atoms with Crippen LogP contribution in [-0.2, 0) is 136 Å². The van der Waals surface area contributed by atoms with Crippen molar-refractivity contribution in [1.29, 1.82) is 0 Å². The number of amidine groups is 4. The van der Waals surface area contributed by atoms with Crippen LogP contribution in [0.4, 0.5) is 46.2 Å². The summed E-state index contributed by atoms with van der Waals surface area (Å²) in [5, 5.41) is 12.8. The number of methoxy groups -OCH3 is 1. The van der Waals surface area contributed by atoms with E-state index in [2.05, 4.69) is 69.4 Å². The maximum absolute atomic E-state index is 12.2. The van der Waals surface area contributed by atoms with Crippen LogP contribution >= 0.6 is 24.4 Å². The number of aromatic nitrogens is 14. The lowest BCUT2D eigenvalue weighted by Gasteiger charge is -2.07. The van der Waals surface area contributed by atoms with E-state index < -0.39 is 0 Å². The number of ether oxygens (including phenoxy) is 1. The molecule has 0 unspecified atom stereocenters. The van der Waals surface area contributed by atoms with Crippen molar-refractivity contribution in [2.75, 3.05) is 28.4 Å². The molecular formula is C93H99N23O11S2. The number of aliphatic imine (C=N–C) groups is 5. The van der Waals surface area contributed by atoms with E-state index in [0.717, 1.165) is 91.8 Å². The van der Waals surface area contributed by atoms with Gasteiger partial charge in [0.05, 0.1) is 42.2 Å². The van der Waals surface area contributed by atoms with Crippen LogP contribution in [0.1, 0.15) is 66.8 Å². The smallest absolute Gasteiger partial charge is 0.332 e. The number of anilines is 4. The third kappa shape index (κ3) is 19.7. The molecule has 13 aromatic rings. The molecule has 7 aromatic heterocycles. The normalized spacial score (nSPS) is 13.1. The van der Waals surface area contributed by atoms with Gasteiger partial charge in [-0.25, -0.2) is 53.7 Å². The van der Waals surface area contributed by atoms with Gasteiger partial charge in [-0.2, -0.15) is 0 Å². The first-order chi connectivity index (χ1) is 61.5. The van der Waals surface area contributed by atoms with Crippen molar-refractivity contribution in [2.45, 2.75) is 79.3 Å². The van der Waals surface area contributed by atoms with Gasteiger partial charge < -0.3 is 30.6 Å². The summed E-state index contributed by atoms with van der Waals surface area (Å²) in [6, 6.07) is 49.9. The van der Waals surface area contributed by atoms with E-state index in [4.69, 9.17) is 29.2 Å². The van der Waals surface area contributed by atoms with E-state index in [1.54, 1.807) is 69.8 Å². The maximum Gasteiger partial charge on any atom is 0.332 e. The van der Waals surface area contributed by atoms with E-state index in [0.29, 0.717) is 130 Å². The summed E-state index contributed by atoms with van der Waals surface area (Å²) in [6.45, 7) is 9.31. The Morgan fingerprint density at radius 3 is 1.36 bits per heavy atom. The van der Waals surface area contributed by atoms with Crippen LogP contribution in [0.2, 0.25) is 0 Å². The molecule has 18 rings (SSSR count). The van der Waals surface area contributed by atoms with E-state index >= 15 is 0 Å². The Bertz CT molecular complexity index is 7500. The first-order valence-corrected chi connectivity index (χ1v) is 41.9. The molecule has 36 heteroatoms. The summed E-state index contributed by atoms with van der Waals surface area (Å²) < 4.78 is 24.3. The average molecular weight is 1780 g/mol. The number of aryl methyl sites for hydroxylation is 5. The summed E-state index contributed by atoms with van der Waals surface area (Å²) >= 11 is 10.7. The highest BCUT2D eigenvalue weighted by molar-refractivity contribution is 7.71. The minimum absolute atomic E-state index is 0.154. The number of benzene rings is 6. The van der Waals surface area contributed by atoms with Crippen LogP contribution in [0.3, 0.4) is 0 Å². The maximum atomic E-state index is 12.2. The Morgan fingerprint density at radius 2 is 0.853 bits per heavy atom. The molecule has 4 N–H and O–H groups in total. The number of imidazole rings is 1. The molecule has 12 heterocycles. The van der Waals surface area contributed by atoms with Gasteiger partial charge in [0.2, 0.25) is 0 Å². The molecule has 0 spiro atoms. The van der Waals surface area contributed by atoms with Crippen LogP contribution < -0.4 is 82.4 Å². The minimum atomic E-state index is -0.362. The van der Waals surface area contributed by atoms with Crippen molar-refractivity contribution in [3.63, 3.8) is 0 Å². The van der Waals surface area contributed by atoms with Crippen molar-refractivity contribution in [3.8, 4) is 5.75 Å². The Morgan fingerprint density at radius 1 is 0.411 bits per heavy atom. The second-order valence-electron chi connectivity index (χ2n) is 31.8. The van der Waals surface area contributed by atoms with Gasteiger partial charge in [-0.15, -0.1) is 0 Å². The van der Waals surface area contributed by atoms with E-state index in [1.807, 2.05) is 178 Å². The monoisotopic (exact) mass is 1780 g/mol. The van der Waals surface area contributed by atoms with Crippen molar-refractivity contribution in [1.82, 2.24) is 64.4 Å². The molecule has 129 heavy (non-hydrogen) atoms. The van der Waals surface area contributed by atoms with E-state index in [9.17, 15) is 47.9 Å². The van der Waals surface area contributed by atoms with Crippen LogP contribution in [0.15, 0.2) is 237 Å². The van der Waals surface area contributed by atoms with Crippen LogP contribution in [0, 0.1) is 37.0 Å². The van der Waals surface area contributed by atoms with Gasteiger partial charge in [-0.1, -0.05) is 156 Å². The van der Waals surface area contributed by atoms with Gasteiger partial charge in [-0.3, -0.25) is 79.0 Å². The van der Waals surface area contributed by atoms with Crippen molar-refractivity contribution in [2.24, 2.45) is 110 Å². The highest BCUT2D eigenvalue weighted by Crippen LogP contribution is 2.30. The quantitative estimate of drug-likeness (QED) is 0.0877. The SMILES string of the molecule is COc1ccc(CC2=Nc3c(c(=O)n(C)c(=O)n3C)C2)cc1.Cc1ccc(NC2=Nc3c(c(=O)n(C)c(=O)n3C)C2)cc1.Cc1ccc(NC2=Nc3c(c(=S)n(C)c(=O)n3C)C2)cc1.Cc1cccc(CN=C2Cc3c(n(C)c(=O)n(C)c3=O)N2)c1.Cc1cccc(NC2=Nc3c(c(=O)n(C)c(=O)n3C)C2)c1.Cn1c(=S)c2c(ncn2C/C=C/c2ccccc2)n(C)c1=O. The number of fused-ring (bicyclic) bond motifs is 6.